The number of ether oxygens (including phenoxy) is 1. The fourth-order valence-corrected chi connectivity index (χ4v) is 2.58. The quantitative estimate of drug-likeness (QED) is 0.863. The summed E-state index contributed by atoms with van der Waals surface area (Å²) in [5, 5.41) is 2.56. The smallest absolute Gasteiger partial charge is 0.268 e. The predicted molar refractivity (Wildman–Crippen MR) is 89.3 cm³/mol. The van der Waals surface area contributed by atoms with Gasteiger partial charge in [0.15, 0.2) is 6.10 Å². The molecule has 0 saturated carbocycles. The second-order valence-electron chi connectivity index (χ2n) is 6.12. The number of nitrogens with two attached hydrogens (primary N) is 1. The van der Waals surface area contributed by atoms with Gasteiger partial charge in [-0.2, -0.15) is 0 Å². The van der Waals surface area contributed by atoms with Gasteiger partial charge in [0.25, 0.3) is 5.91 Å². The summed E-state index contributed by atoms with van der Waals surface area (Å²) in [6.45, 7) is 5.82. The van der Waals surface area contributed by atoms with Gasteiger partial charge in [-0.15, -0.1) is 0 Å². The van der Waals surface area contributed by atoms with Gasteiger partial charge in [0.2, 0.25) is 5.91 Å². The molecule has 2 amide bonds. The highest BCUT2D eigenvalue weighted by atomic mass is 16.5. The van der Waals surface area contributed by atoms with Crippen molar-refractivity contribution in [1.29, 1.82) is 0 Å². The molecule has 2 rings (SSSR count). The number of carbonyl (C=O) groups excluding carboxylic acids is 2. The average molecular weight is 319 g/mol. The molecular formula is C17H25N3O3. The number of amides is 2. The topological polar surface area (TPSA) is 84.7 Å². The Kier molecular flexibility index (Phi) is 5.26. The molecule has 2 atom stereocenters. The van der Waals surface area contributed by atoms with Crippen molar-refractivity contribution in [3.05, 3.63) is 23.8 Å². The van der Waals surface area contributed by atoms with Crippen LogP contribution in [0.3, 0.4) is 0 Å². The van der Waals surface area contributed by atoms with Crippen LogP contribution in [0.25, 0.3) is 0 Å². The normalized spacial score (nSPS) is 18.4. The molecule has 1 aromatic carbocycles. The van der Waals surface area contributed by atoms with Gasteiger partial charge in [-0.3, -0.25) is 14.5 Å². The van der Waals surface area contributed by atoms with Gasteiger partial charge < -0.3 is 15.8 Å². The van der Waals surface area contributed by atoms with Gasteiger partial charge in [0.1, 0.15) is 12.3 Å². The van der Waals surface area contributed by atoms with E-state index in [4.69, 9.17) is 10.5 Å². The van der Waals surface area contributed by atoms with Crippen molar-refractivity contribution < 1.29 is 14.3 Å². The molecule has 0 spiro atoms. The molecule has 6 nitrogen and oxygen atoms in total. The molecular weight excluding hydrogens is 294 g/mol. The SMILES string of the molecule is CCC(N)c1ccc2c(c1)N(CC(=O)NC)C(=O)C(C(C)C)O2. The van der Waals surface area contributed by atoms with Crippen LogP contribution in [0.15, 0.2) is 18.2 Å². The Morgan fingerprint density at radius 3 is 2.70 bits per heavy atom. The molecule has 1 aromatic rings. The largest absolute Gasteiger partial charge is 0.478 e. The zero-order valence-electron chi connectivity index (χ0n) is 14.1. The monoisotopic (exact) mass is 319 g/mol. The number of benzene rings is 1. The first-order valence-electron chi connectivity index (χ1n) is 7.97. The molecule has 0 aliphatic carbocycles. The van der Waals surface area contributed by atoms with Crippen LogP contribution in [0, 0.1) is 5.92 Å². The van der Waals surface area contributed by atoms with E-state index in [-0.39, 0.29) is 30.3 Å². The Hall–Kier alpha value is -2.08. The zero-order valence-corrected chi connectivity index (χ0v) is 14.1. The first kappa shape index (κ1) is 17.3. The maximum absolute atomic E-state index is 12.7. The van der Waals surface area contributed by atoms with Crippen LogP contribution >= 0.6 is 0 Å². The van der Waals surface area contributed by atoms with E-state index in [9.17, 15) is 9.59 Å². The third kappa shape index (κ3) is 3.47. The van der Waals surface area contributed by atoms with Gasteiger partial charge >= 0.3 is 0 Å². The fraction of sp³-hybridized carbons (Fsp3) is 0.529. The Bertz CT molecular complexity index is 601. The number of likely N-dealkylation sites (N-methyl/N-ethyl adjacent to an activating group) is 1. The van der Waals surface area contributed by atoms with Gasteiger partial charge in [0, 0.05) is 13.1 Å². The summed E-state index contributed by atoms with van der Waals surface area (Å²) < 4.78 is 5.86. The number of rotatable bonds is 5. The van der Waals surface area contributed by atoms with E-state index in [0.29, 0.717) is 11.4 Å². The molecule has 0 radical (unpaired) electrons. The second kappa shape index (κ2) is 7.00. The number of carbonyl (C=O) groups is 2. The minimum absolute atomic E-state index is 0.0143. The van der Waals surface area contributed by atoms with E-state index in [1.165, 1.54) is 4.90 Å². The zero-order chi connectivity index (χ0) is 17.1. The van der Waals surface area contributed by atoms with E-state index in [0.717, 1.165) is 12.0 Å². The molecule has 0 aromatic heterocycles. The number of nitrogens with zero attached hydrogens (tertiary/aromatic N) is 1. The van der Waals surface area contributed by atoms with Crippen LogP contribution in [-0.2, 0) is 9.59 Å². The highest BCUT2D eigenvalue weighted by molar-refractivity contribution is 6.04. The molecule has 1 aliphatic rings. The highest BCUT2D eigenvalue weighted by Crippen LogP contribution is 2.37. The molecule has 1 heterocycles. The van der Waals surface area contributed by atoms with Crippen molar-refractivity contribution in [3.8, 4) is 5.75 Å². The summed E-state index contributed by atoms with van der Waals surface area (Å²) in [7, 11) is 1.55. The molecule has 3 N–H and O–H groups in total. The fourth-order valence-electron chi connectivity index (χ4n) is 2.58. The van der Waals surface area contributed by atoms with Crippen LogP contribution in [0.5, 0.6) is 5.75 Å². The number of anilines is 1. The Balaban J connectivity index is 2.46. The maximum atomic E-state index is 12.7. The summed E-state index contributed by atoms with van der Waals surface area (Å²) in [5.41, 5.74) is 7.62. The molecule has 6 heteroatoms. The van der Waals surface area contributed by atoms with E-state index in [1.807, 2.05) is 39.0 Å². The van der Waals surface area contributed by atoms with Gasteiger partial charge in [-0.1, -0.05) is 26.8 Å². The first-order chi connectivity index (χ1) is 10.9. The van der Waals surface area contributed by atoms with Crippen LogP contribution in [-0.4, -0.2) is 31.5 Å². The third-order valence-corrected chi connectivity index (χ3v) is 4.09. The van der Waals surface area contributed by atoms with Crippen LogP contribution in [0.1, 0.15) is 38.8 Å². The van der Waals surface area contributed by atoms with Crippen molar-refractivity contribution in [2.75, 3.05) is 18.5 Å². The van der Waals surface area contributed by atoms with Crippen molar-refractivity contribution in [1.82, 2.24) is 5.32 Å². The summed E-state index contributed by atoms with van der Waals surface area (Å²) in [5.74, 6) is 0.205. The molecule has 0 bridgehead atoms. The van der Waals surface area contributed by atoms with Gasteiger partial charge in [0.05, 0.1) is 5.69 Å². The highest BCUT2D eigenvalue weighted by Gasteiger charge is 2.37. The molecule has 126 valence electrons. The van der Waals surface area contributed by atoms with Crippen LogP contribution in [0.4, 0.5) is 5.69 Å². The van der Waals surface area contributed by atoms with Crippen LogP contribution < -0.4 is 20.7 Å². The van der Waals surface area contributed by atoms with Crippen molar-refractivity contribution >= 4 is 17.5 Å². The number of hydrogen-bond acceptors (Lipinski definition) is 4. The molecule has 2 unspecified atom stereocenters. The summed E-state index contributed by atoms with van der Waals surface area (Å²) in [6, 6.07) is 5.48. The maximum Gasteiger partial charge on any atom is 0.268 e. The Labute approximate surface area is 137 Å². The predicted octanol–water partition coefficient (Wildman–Crippen LogP) is 1.59. The van der Waals surface area contributed by atoms with Crippen LogP contribution in [0.2, 0.25) is 0 Å². The molecule has 0 fully saturated rings. The van der Waals surface area contributed by atoms with Crippen molar-refractivity contribution in [2.45, 2.75) is 39.3 Å². The molecule has 0 saturated heterocycles. The second-order valence-corrected chi connectivity index (χ2v) is 6.12. The van der Waals surface area contributed by atoms with E-state index in [2.05, 4.69) is 5.32 Å². The standard InChI is InChI=1S/C17H25N3O3/c1-5-12(18)11-6-7-14-13(8-11)20(9-15(21)19-4)17(22)16(23-14)10(2)3/h6-8,10,12,16H,5,9,18H2,1-4H3,(H,19,21). The average Bonchev–Trinajstić information content (AvgIpc) is 2.55. The summed E-state index contributed by atoms with van der Waals surface area (Å²) in [6.07, 6.45) is 0.204. The lowest BCUT2D eigenvalue weighted by Crippen LogP contribution is -2.51. The lowest BCUT2D eigenvalue weighted by Gasteiger charge is -2.36. The van der Waals surface area contributed by atoms with E-state index >= 15 is 0 Å². The van der Waals surface area contributed by atoms with Gasteiger partial charge in [-0.25, -0.2) is 0 Å². The lowest BCUT2D eigenvalue weighted by molar-refractivity contribution is -0.130. The molecule has 1 aliphatic heterocycles. The summed E-state index contributed by atoms with van der Waals surface area (Å²) >= 11 is 0. The Morgan fingerprint density at radius 1 is 1.43 bits per heavy atom. The minimum atomic E-state index is -0.585. The number of hydrogen-bond donors (Lipinski definition) is 2. The lowest BCUT2D eigenvalue weighted by atomic mass is 10.00. The summed E-state index contributed by atoms with van der Waals surface area (Å²) in [4.78, 5) is 26.0. The van der Waals surface area contributed by atoms with E-state index in [1.54, 1.807) is 7.05 Å². The van der Waals surface area contributed by atoms with E-state index < -0.39 is 6.10 Å². The van der Waals surface area contributed by atoms with Crippen molar-refractivity contribution in [3.63, 3.8) is 0 Å². The third-order valence-electron chi connectivity index (χ3n) is 4.09. The number of nitrogens with one attached hydrogen (secondary N) is 1. The first-order valence-corrected chi connectivity index (χ1v) is 7.97. The Morgan fingerprint density at radius 2 is 2.13 bits per heavy atom. The van der Waals surface area contributed by atoms with Gasteiger partial charge in [-0.05, 0) is 30.0 Å². The number of fused-ring (bicyclic) bond motifs is 1. The van der Waals surface area contributed by atoms with Crippen molar-refractivity contribution in [2.24, 2.45) is 11.7 Å². The minimum Gasteiger partial charge on any atom is -0.478 e. The molecule has 23 heavy (non-hydrogen) atoms.